The van der Waals surface area contributed by atoms with E-state index in [-0.39, 0.29) is 5.91 Å². The van der Waals surface area contributed by atoms with Gasteiger partial charge in [0.05, 0.1) is 0 Å². The first-order valence-electron chi connectivity index (χ1n) is 4.61. The minimum atomic E-state index is -0.0180. The van der Waals surface area contributed by atoms with Crippen LogP contribution in [0.4, 0.5) is 5.69 Å². The van der Waals surface area contributed by atoms with Gasteiger partial charge in [0.2, 0.25) is 5.91 Å². The first-order valence-corrected chi connectivity index (χ1v) is 4.61. The quantitative estimate of drug-likeness (QED) is 0.742. The average Bonchev–Trinajstić information content (AvgIpc) is 2.18. The van der Waals surface area contributed by atoms with Crippen LogP contribution in [0.1, 0.15) is 30.1 Å². The van der Waals surface area contributed by atoms with Crippen molar-refractivity contribution in [3.8, 4) is 0 Å². The highest BCUT2D eigenvalue weighted by Crippen LogP contribution is 2.09. The zero-order chi connectivity index (χ0) is 10.4. The smallest absolute Gasteiger partial charge is 0.224 e. The molecular weight excluding hydrogens is 178 g/mol. The summed E-state index contributed by atoms with van der Waals surface area (Å²) in [5.41, 5.74) is 1.24. The Morgan fingerprint density at radius 3 is 2.93 bits per heavy atom. The molecule has 0 bridgehead atoms. The fourth-order valence-corrected chi connectivity index (χ4v) is 1.14. The van der Waals surface area contributed by atoms with Gasteiger partial charge in [-0.3, -0.25) is 9.59 Å². The molecule has 0 aliphatic heterocycles. The predicted octanol–water partition coefficient (Wildman–Crippen LogP) is 2.24. The molecule has 0 aliphatic rings. The topological polar surface area (TPSA) is 46.2 Å². The molecule has 1 rings (SSSR count). The van der Waals surface area contributed by atoms with E-state index < -0.39 is 0 Å². The number of hydrogen-bond acceptors (Lipinski definition) is 2. The summed E-state index contributed by atoms with van der Waals surface area (Å²) < 4.78 is 0. The second kappa shape index (κ2) is 5.17. The normalized spacial score (nSPS) is 9.50. The zero-order valence-corrected chi connectivity index (χ0v) is 8.12. The van der Waals surface area contributed by atoms with Crippen LogP contribution in [0.25, 0.3) is 0 Å². The van der Waals surface area contributed by atoms with Crippen LogP contribution in [0.5, 0.6) is 0 Å². The Hall–Kier alpha value is -1.64. The van der Waals surface area contributed by atoms with Crippen molar-refractivity contribution in [2.45, 2.75) is 19.8 Å². The van der Waals surface area contributed by atoms with Crippen LogP contribution in [0.2, 0.25) is 0 Å². The highest BCUT2D eigenvalue weighted by Gasteiger charge is 2.00. The van der Waals surface area contributed by atoms with Gasteiger partial charge in [-0.1, -0.05) is 19.1 Å². The maximum atomic E-state index is 11.2. The van der Waals surface area contributed by atoms with Gasteiger partial charge in [0.15, 0.2) is 0 Å². The fraction of sp³-hybridized carbons (Fsp3) is 0.273. The fourth-order valence-electron chi connectivity index (χ4n) is 1.14. The molecule has 1 N–H and O–H groups in total. The van der Waals surface area contributed by atoms with Crippen molar-refractivity contribution in [3.63, 3.8) is 0 Å². The zero-order valence-electron chi connectivity index (χ0n) is 8.12. The van der Waals surface area contributed by atoms with Gasteiger partial charge in [-0.25, -0.2) is 0 Å². The standard InChI is InChI=1S/C11H13NO2/c1-2-4-11(14)12-10-6-3-5-9(7-10)8-13/h3,5-8H,2,4H2,1H3,(H,12,14). The molecule has 0 atom stereocenters. The van der Waals surface area contributed by atoms with Gasteiger partial charge in [0.1, 0.15) is 6.29 Å². The van der Waals surface area contributed by atoms with Crippen LogP contribution in [0.15, 0.2) is 24.3 Å². The predicted molar refractivity (Wildman–Crippen MR) is 55.4 cm³/mol. The molecule has 0 spiro atoms. The molecule has 3 heteroatoms. The van der Waals surface area contributed by atoms with Gasteiger partial charge in [0.25, 0.3) is 0 Å². The average molecular weight is 191 g/mol. The summed E-state index contributed by atoms with van der Waals surface area (Å²) in [6.07, 6.45) is 2.08. The van der Waals surface area contributed by atoms with Crippen molar-refractivity contribution in [3.05, 3.63) is 29.8 Å². The summed E-state index contributed by atoms with van der Waals surface area (Å²) in [4.78, 5) is 21.7. The van der Waals surface area contributed by atoms with Gasteiger partial charge in [-0.05, 0) is 18.6 Å². The minimum Gasteiger partial charge on any atom is -0.326 e. The number of carbonyl (C=O) groups is 2. The van der Waals surface area contributed by atoms with E-state index in [1.807, 2.05) is 6.92 Å². The lowest BCUT2D eigenvalue weighted by Crippen LogP contribution is -2.10. The van der Waals surface area contributed by atoms with Crippen LogP contribution in [0.3, 0.4) is 0 Å². The van der Waals surface area contributed by atoms with Crippen LogP contribution in [-0.4, -0.2) is 12.2 Å². The monoisotopic (exact) mass is 191 g/mol. The number of carbonyl (C=O) groups excluding carboxylic acids is 2. The summed E-state index contributed by atoms with van der Waals surface area (Å²) in [7, 11) is 0. The largest absolute Gasteiger partial charge is 0.326 e. The lowest BCUT2D eigenvalue weighted by molar-refractivity contribution is -0.116. The molecule has 1 amide bonds. The third-order valence-corrected chi connectivity index (χ3v) is 1.78. The van der Waals surface area contributed by atoms with Crippen molar-refractivity contribution in [2.75, 3.05) is 5.32 Å². The Balaban J connectivity index is 2.66. The highest BCUT2D eigenvalue weighted by molar-refractivity contribution is 5.91. The number of hydrogen-bond donors (Lipinski definition) is 1. The van der Waals surface area contributed by atoms with Crippen molar-refractivity contribution >= 4 is 17.9 Å². The molecule has 0 saturated carbocycles. The first-order chi connectivity index (χ1) is 6.76. The highest BCUT2D eigenvalue weighted by atomic mass is 16.1. The number of rotatable bonds is 4. The number of benzene rings is 1. The first kappa shape index (κ1) is 10.4. The van der Waals surface area contributed by atoms with Crippen LogP contribution >= 0.6 is 0 Å². The molecule has 0 aromatic heterocycles. The van der Waals surface area contributed by atoms with Gasteiger partial charge in [-0.2, -0.15) is 0 Å². The Kier molecular flexibility index (Phi) is 3.85. The number of anilines is 1. The van der Waals surface area contributed by atoms with Crippen molar-refractivity contribution < 1.29 is 9.59 Å². The van der Waals surface area contributed by atoms with Crippen LogP contribution in [0, 0.1) is 0 Å². The van der Waals surface area contributed by atoms with Gasteiger partial charge >= 0.3 is 0 Å². The van der Waals surface area contributed by atoms with E-state index in [2.05, 4.69) is 5.32 Å². The molecule has 0 fully saturated rings. The summed E-state index contributed by atoms with van der Waals surface area (Å²) in [6.45, 7) is 1.95. The number of aldehydes is 1. The molecule has 3 nitrogen and oxygen atoms in total. The molecule has 14 heavy (non-hydrogen) atoms. The molecular formula is C11H13NO2. The molecule has 0 radical (unpaired) electrons. The summed E-state index contributed by atoms with van der Waals surface area (Å²) >= 11 is 0. The third kappa shape index (κ3) is 3.01. The molecule has 0 unspecified atom stereocenters. The van der Waals surface area contributed by atoms with E-state index in [0.29, 0.717) is 17.7 Å². The van der Waals surface area contributed by atoms with Gasteiger partial charge in [0, 0.05) is 17.7 Å². The van der Waals surface area contributed by atoms with Gasteiger partial charge in [-0.15, -0.1) is 0 Å². The Morgan fingerprint density at radius 2 is 2.29 bits per heavy atom. The number of nitrogens with one attached hydrogen (secondary N) is 1. The summed E-state index contributed by atoms with van der Waals surface area (Å²) in [5.74, 6) is -0.0180. The van der Waals surface area contributed by atoms with Crippen molar-refractivity contribution in [1.82, 2.24) is 0 Å². The summed E-state index contributed by atoms with van der Waals surface area (Å²) in [5, 5.41) is 2.72. The maximum absolute atomic E-state index is 11.2. The van der Waals surface area contributed by atoms with E-state index in [4.69, 9.17) is 0 Å². The molecule has 0 aliphatic carbocycles. The second-order valence-electron chi connectivity index (χ2n) is 3.04. The van der Waals surface area contributed by atoms with Crippen LogP contribution < -0.4 is 5.32 Å². The van der Waals surface area contributed by atoms with E-state index in [1.165, 1.54) is 0 Å². The number of amides is 1. The SMILES string of the molecule is CCCC(=O)Nc1cccc(C=O)c1. The maximum Gasteiger partial charge on any atom is 0.224 e. The Labute approximate surface area is 83.1 Å². The van der Waals surface area contributed by atoms with E-state index >= 15 is 0 Å². The van der Waals surface area contributed by atoms with Gasteiger partial charge < -0.3 is 5.32 Å². The molecule has 0 heterocycles. The molecule has 1 aromatic rings. The lowest BCUT2D eigenvalue weighted by Gasteiger charge is -2.03. The second-order valence-corrected chi connectivity index (χ2v) is 3.04. The minimum absolute atomic E-state index is 0.0180. The summed E-state index contributed by atoms with van der Waals surface area (Å²) in [6, 6.07) is 6.86. The van der Waals surface area contributed by atoms with Crippen LogP contribution in [-0.2, 0) is 4.79 Å². The van der Waals surface area contributed by atoms with Crippen molar-refractivity contribution in [2.24, 2.45) is 0 Å². The van der Waals surface area contributed by atoms with E-state index in [0.717, 1.165) is 12.7 Å². The van der Waals surface area contributed by atoms with E-state index in [9.17, 15) is 9.59 Å². The molecule has 1 aromatic carbocycles. The van der Waals surface area contributed by atoms with E-state index in [1.54, 1.807) is 24.3 Å². The molecule has 0 saturated heterocycles. The van der Waals surface area contributed by atoms with Crippen molar-refractivity contribution in [1.29, 1.82) is 0 Å². The lowest BCUT2D eigenvalue weighted by atomic mass is 10.2. The third-order valence-electron chi connectivity index (χ3n) is 1.78. The Bertz CT molecular complexity index is 334. The Morgan fingerprint density at radius 1 is 1.50 bits per heavy atom. The molecule has 74 valence electrons.